The van der Waals surface area contributed by atoms with Gasteiger partial charge in [-0.2, -0.15) is 0 Å². The minimum absolute atomic E-state index is 0.0743. The highest BCUT2D eigenvalue weighted by atomic mass is 16.4. The Hall–Kier alpha value is -2.95. The molecule has 1 fully saturated rings. The first-order chi connectivity index (χ1) is 12.5. The van der Waals surface area contributed by atoms with Gasteiger partial charge >= 0.3 is 5.97 Å². The molecule has 1 N–H and O–H groups in total. The van der Waals surface area contributed by atoms with Crippen LogP contribution in [0.2, 0.25) is 0 Å². The van der Waals surface area contributed by atoms with Gasteiger partial charge in [0.05, 0.1) is 11.7 Å². The molecule has 0 spiro atoms. The molecule has 1 saturated carbocycles. The lowest BCUT2D eigenvalue weighted by atomic mass is 10.0. The number of carboxylic acid groups (broad SMARTS) is 1. The van der Waals surface area contributed by atoms with Crippen LogP contribution in [0.3, 0.4) is 0 Å². The SMILES string of the molecule is Cc1ccc(/C=C2/CCc3c2nc2n(c3=O)C3CC3(C(=O)O)C=C2)cc1. The predicted octanol–water partition coefficient (Wildman–Crippen LogP) is 3.08. The maximum absolute atomic E-state index is 13.0. The summed E-state index contributed by atoms with van der Waals surface area (Å²) in [5.41, 5.74) is 3.88. The zero-order valence-corrected chi connectivity index (χ0v) is 14.4. The van der Waals surface area contributed by atoms with Crippen LogP contribution in [-0.4, -0.2) is 20.6 Å². The van der Waals surface area contributed by atoms with E-state index < -0.39 is 11.4 Å². The maximum Gasteiger partial charge on any atom is 0.315 e. The van der Waals surface area contributed by atoms with Crippen LogP contribution in [0.5, 0.6) is 0 Å². The molecule has 26 heavy (non-hydrogen) atoms. The van der Waals surface area contributed by atoms with E-state index in [1.165, 1.54) is 5.56 Å². The zero-order valence-electron chi connectivity index (χ0n) is 14.4. The van der Waals surface area contributed by atoms with Crippen LogP contribution in [0.15, 0.2) is 35.1 Å². The summed E-state index contributed by atoms with van der Waals surface area (Å²) < 4.78 is 1.60. The fourth-order valence-electron chi connectivity index (χ4n) is 4.16. The number of carbonyl (C=O) groups is 1. The normalized spacial score (nSPS) is 26.3. The summed E-state index contributed by atoms with van der Waals surface area (Å²) in [5.74, 6) is -0.290. The van der Waals surface area contributed by atoms with E-state index in [1.807, 2.05) is 0 Å². The molecule has 2 unspecified atom stereocenters. The lowest BCUT2D eigenvalue weighted by Gasteiger charge is -2.18. The molecule has 3 aliphatic rings. The lowest BCUT2D eigenvalue weighted by molar-refractivity contribution is -0.141. The summed E-state index contributed by atoms with van der Waals surface area (Å²) in [6.07, 6.45) is 7.41. The van der Waals surface area contributed by atoms with Crippen LogP contribution in [0, 0.1) is 12.3 Å². The summed E-state index contributed by atoms with van der Waals surface area (Å²) in [5, 5.41) is 9.48. The molecule has 0 saturated heterocycles. The second-order valence-corrected chi connectivity index (χ2v) is 7.45. The number of rotatable bonds is 2. The average Bonchev–Trinajstić information content (AvgIpc) is 3.26. The van der Waals surface area contributed by atoms with Crippen molar-refractivity contribution < 1.29 is 9.90 Å². The number of aryl methyl sites for hydroxylation is 1. The molecule has 0 bridgehead atoms. The van der Waals surface area contributed by atoms with E-state index in [0.717, 1.165) is 23.3 Å². The second-order valence-electron chi connectivity index (χ2n) is 7.45. The Morgan fingerprint density at radius 2 is 2.08 bits per heavy atom. The second kappa shape index (κ2) is 5.04. The molecule has 1 aliphatic heterocycles. The third-order valence-electron chi connectivity index (χ3n) is 5.81. The van der Waals surface area contributed by atoms with Crippen molar-refractivity contribution in [2.45, 2.75) is 32.2 Å². The quantitative estimate of drug-likeness (QED) is 0.907. The highest BCUT2D eigenvalue weighted by Crippen LogP contribution is 2.59. The van der Waals surface area contributed by atoms with E-state index in [9.17, 15) is 14.7 Å². The molecular weight excluding hydrogens is 328 g/mol. The number of aromatic nitrogens is 2. The van der Waals surface area contributed by atoms with Gasteiger partial charge in [0.1, 0.15) is 11.2 Å². The smallest absolute Gasteiger partial charge is 0.315 e. The van der Waals surface area contributed by atoms with Crippen molar-refractivity contribution in [3.05, 3.63) is 68.9 Å². The van der Waals surface area contributed by atoms with Crippen molar-refractivity contribution >= 4 is 23.7 Å². The monoisotopic (exact) mass is 346 g/mol. The number of aliphatic carboxylic acids is 1. The van der Waals surface area contributed by atoms with E-state index in [1.54, 1.807) is 16.7 Å². The number of hydrogen-bond donors (Lipinski definition) is 1. The van der Waals surface area contributed by atoms with Crippen LogP contribution in [0.4, 0.5) is 0 Å². The van der Waals surface area contributed by atoms with Gasteiger partial charge in [-0.15, -0.1) is 0 Å². The molecule has 5 rings (SSSR count). The first-order valence-electron chi connectivity index (χ1n) is 8.85. The van der Waals surface area contributed by atoms with Crippen molar-refractivity contribution in [1.29, 1.82) is 0 Å². The van der Waals surface area contributed by atoms with E-state index in [0.29, 0.717) is 24.2 Å². The topological polar surface area (TPSA) is 72.2 Å². The van der Waals surface area contributed by atoms with E-state index >= 15 is 0 Å². The summed E-state index contributed by atoms with van der Waals surface area (Å²) in [6.45, 7) is 2.05. The van der Waals surface area contributed by atoms with Crippen molar-refractivity contribution in [2.75, 3.05) is 0 Å². The molecular formula is C21H18N2O3. The number of fused-ring (bicyclic) bond motifs is 4. The molecule has 2 aliphatic carbocycles. The Morgan fingerprint density at radius 3 is 2.81 bits per heavy atom. The fourth-order valence-corrected chi connectivity index (χ4v) is 4.16. The van der Waals surface area contributed by atoms with Crippen LogP contribution in [-0.2, 0) is 11.2 Å². The minimum atomic E-state index is -0.911. The highest BCUT2D eigenvalue weighted by molar-refractivity contribution is 5.86. The standard InChI is InChI=1S/C21H18N2O3/c1-12-2-4-13(5-3-12)10-14-6-7-15-18(14)22-17-8-9-21(20(25)26)11-16(21)23(17)19(15)24/h2-5,8-10,16H,6-7,11H2,1H3,(H,25,26)/b14-10-. The van der Waals surface area contributed by atoms with Crippen molar-refractivity contribution in [3.63, 3.8) is 0 Å². The first-order valence-corrected chi connectivity index (χ1v) is 8.85. The molecule has 2 aromatic rings. The minimum Gasteiger partial charge on any atom is -0.481 e. The van der Waals surface area contributed by atoms with Crippen LogP contribution in [0.25, 0.3) is 17.7 Å². The fraction of sp³-hybridized carbons (Fsp3) is 0.286. The highest BCUT2D eigenvalue weighted by Gasteiger charge is 2.62. The van der Waals surface area contributed by atoms with Gasteiger partial charge in [0, 0.05) is 5.56 Å². The van der Waals surface area contributed by atoms with Gasteiger partial charge < -0.3 is 5.11 Å². The first kappa shape index (κ1) is 15.3. The van der Waals surface area contributed by atoms with Gasteiger partial charge in [-0.1, -0.05) is 35.9 Å². The van der Waals surface area contributed by atoms with E-state index in [-0.39, 0.29) is 11.6 Å². The van der Waals surface area contributed by atoms with Gasteiger partial charge in [-0.25, -0.2) is 4.98 Å². The van der Waals surface area contributed by atoms with E-state index in [2.05, 4.69) is 37.3 Å². The largest absolute Gasteiger partial charge is 0.481 e. The molecule has 2 heterocycles. The summed E-state index contributed by atoms with van der Waals surface area (Å²) in [7, 11) is 0. The summed E-state index contributed by atoms with van der Waals surface area (Å²) in [4.78, 5) is 29.3. The third-order valence-corrected chi connectivity index (χ3v) is 5.81. The average molecular weight is 346 g/mol. The molecule has 2 atom stereocenters. The van der Waals surface area contributed by atoms with Crippen LogP contribution in [0.1, 0.15) is 47.1 Å². The van der Waals surface area contributed by atoms with Gasteiger partial charge in [-0.05, 0) is 49.5 Å². The molecule has 1 aromatic carbocycles. The molecule has 5 heteroatoms. The number of allylic oxidation sites excluding steroid dienone is 1. The Morgan fingerprint density at radius 1 is 1.31 bits per heavy atom. The number of carboxylic acids is 1. The van der Waals surface area contributed by atoms with Crippen molar-refractivity contribution in [3.8, 4) is 0 Å². The Kier molecular flexibility index (Phi) is 2.97. The van der Waals surface area contributed by atoms with Gasteiger partial charge in [0.25, 0.3) is 5.56 Å². The number of benzene rings is 1. The maximum atomic E-state index is 13.0. The summed E-state index contributed by atoms with van der Waals surface area (Å²) >= 11 is 0. The molecule has 0 amide bonds. The predicted molar refractivity (Wildman–Crippen MR) is 98.6 cm³/mol. The van der Waals surface area contributed by atoms with E-state index in [4.69, 9.17) is 4.98 Å². The van der Waals surface area contributed by atoms with Crippen LogP contribution < -0.4 is 5.56 Å². The lowest BCUT2D eigenvalue weighted by Crippen LogP contribution is -2.31. The van der Waals surface area contributed by atoms with Crippen molar-refractivity contribution in [1.82, 2.24) is 9.55 Å². The van der Waals surface area contributed by atoms with Crippen LogP contribution >= 0.6 is 0 Å². The molecule has 1 aromatic heterocycles. The summed E-state index contributed by atoms with van der Waals surface area (Å²) in [6, 6.07) is 7.97. The zero-order chi connectivity index (χ0) is 18.1. The molecule has 5 nitrogen and oxygen atoms in total. The Bertz CT molecular complexity index is 1080. The van der Waals surface area contributed by atoms with Gasteiger partial charge in [-0.3, -0.25) is 14.2 Å². The van der Waals surface area contributed by atoms with Gasteiger partial charge in [0.2, 0.25) is 0 Å². The Balaban J connectivity index is 1.61. The third kappa shape index (κ3) is 2.00. The van der Waals surface area contributed by atoms with Gasteiger partial charge in [0.15, 0.2) is 0 Å². The number of nitrogens with zero attached hydrogens (tertiary/aromatic N) is 2. The van der Waals surface area contributed by atoms with Crippen molar-refractivity contribution in [2.24, 2.45) is 5.41 Å². The number of hydrogen-bond acceptors (Lipinski definition) is 3. The molecule has 0 radical (unpaired) electrons. The Labute approximate surface area is 150 Å². The molecule has 130 valence electrons.